The third-order valence-corrected chi connectivity index (χ3v) is 2.38. The minimum absolute atomic E-state index is 0.0301. The van der Waals surface area contributed by atoms with Crippen molar-refractivity contribution in [3.8, 4) is 0 Å². The molecule has 1 aromatic carbocycles. The lowest BCUT2D eigenvalue weighted by Gasteiger charge is -2.10. The molecule has 0 aliphatic rings. The van der Waals surface area contributed by atoms with E-state index >= 15 is 0 Å². The van der Waals surface area contributed by atoms with E-state index in [0.29, 0.717) is 6.42 Å². The largest absolute Gasteiger partial charge is 0.326 e. The maximum absolute atomic E-state index is 11.1. The summed E-state index contributed by atoms with van der Waals surface area (Å²) in [5, 5.41) is 2.80. The van der Waals surface area contributed by atoms with Gasteiger partial charge >= 0.3 is 0 Å². The number of nitrogens with one attached hydrogen (secondary N) is 1. The van der Waals surface area contributed by atoms with Crippen LogP contribution in [0, 0.1) is 0 Å². The second-order valence-corrected chi connectivity index (χ2v) is 3.54. The lowest BCUT2D eigenvalue weighted by molar-refractivity contribution is -0.115. The SMILES string of the molecule is CCC(=O)Nc1ccc(C(N)CC)cc1. The van der Waals surface area contributed by atoms with Gasteiger partial charge in [0.15, 0.2) is 0 Å². The van der Waals surface area contributed by atoms with Crippen molar-refractivity contribution in [1.82, 2.24) is 0 Å². The first kappa shape index (κ1) is 11.7. The summed E-state index contributed by atoms with van der Waals surface area (Å²) in [6.45, 7) is 3.88. The number of nitrogens with two attached hydrogens (primary N) is 1. The van der Waals surface area contributed by atoms with Crippen LogP contribution in [0.25, 0.3) is 0 Å². The molecule has 0 aliphatic heterocycles. The van der Waals surface area contributed by atoms with Gasteiger partial charge in [0.05, 0.1) is 0 Å². The van der Waals surface area contributed by atoms with Gasteiger partial charge in [0.25, 0.3) is 0 Å². The van der Waals surface area contributed by atoms with Crippen molar-refractivity contribution in [2.75, 3.05) is 5.32 Å². The Kier molecular flexibility index (Phi) is 4.31. The van der Waals surface area contributed by atoms with E-state index in [-0.39, 0.29) is 11.9 Å². The highest BCUT2D eigenvalue weighted by atomic mass is 16.1. The molecule has 1 atom stereocenters. The molecule has 0 bridgehead atoms. The van der Waals surface area contributed by atoms with Crippen molar-refractivity contribution in [3.63, 3.8) is 0 Å². The van der Waals surface area contributed by atoms with Gasteiger partial charge in [-0.2, -0.15) is 0 Å². The number of anilines is 1. The van der Waals surface area contributed by atoms with Gasteiger partial charge in [0.1, 0.15) is 0 Å². The summed E-state index contributed by atoms with van der Waals surface area (Å²) in [5.74, 6) is 0.0301. The first-order valence-electron chi connectivity index (χ1n) is 5.32. The van der Waals surface area contributed by atoms with Crippen LogP contribution in [0.3, 0.4) is 0 Å². The van der Waals surface area contributed by atoms with Crippen molar-refractivity contribution in [2.24, 2.45) is 5.73 Å². The molecule has 15 heavy (non-hydrogen) atoms. The molecule has 0 fully saturated rings. The molecule has 3 N–H and O–H groups in total. The molecule has 0 saturated heterocycles. The minimum atomic E-state index is 0.0301. The van der Waals surface area contributed by atoms with Crippen LogP contribution in [-0.4, -0.2) is 5.91 Å². The second-order valence-electron chi connectivity index (χ2n) is 3.54. The standard InChI is InChI=1S/C12H18N2O/c1-3-11(13)9-5-7-10(8-6-9)14-12(15)4-2/h5-8,11H,3-4,13H2,1-2H3,(H,14,15). The molecular weight excluding hydrogens is 188 g/mol. The molecule has 0 aromatic heterocycles. The van der Waals surface area contributed by atoms with Crippen LogP contribution in [0.1, 0.15) is 38.3 Å². The van der Waals surface area contributed by atoms with E-state index in [9.17, 15) is 4.79 Å². The molecule has 82 valence electrons. The number of benzene rings is 1. The molecule has 3 heteroatoms. The highest BCUT2D eigenvalue weighted by molar-refractivity contribution is 5.90. The molecule has 3 nitrogen and oxygen atoms in total. The van der Waals surface area contributed by atoms with Gasteiger partial charge in [-0.05, 0) is 24.1 Å². The lowest BCUT2D eigenvalue weighted by atomic mass is 10.1. The smallest absolute Gasteiger partial charge is 0.224 e. The molecule has 0 heterocycles. The van der Waals surface area contributed by atoms with E-state index in [1.807, 2.05) is 31.2 Å². The van der Waals surface area contributed by atoms with E-state index in [1.54, 1.807) is 0 Å². The molecule has 1 unspecified atom stereocenters. The summed E-state index contributed by atoms with van der Waals surface area (Å²) >= 11 is 0. The Balaban J connectivity index is 2.68. The number of hydrogen-bond donors (Lipinski definition) is 2. The first-order chi connectivity index (χ1) is 7.17. The topological polar surface area (TPSA) is 55.1 Å². The summed E-state index contributed by atoms with van der Waals surface area (Å²) in [5.41, 5.74) is 7.82. The normalized spacial score (nSPS) is 12.2. The minimum Gasteiger partial charge on any atom is -0.326 e. The zero-order valence-corrected chi connectivity index (χ0v) is 9.29. The van der Waals surface area contributed by atoms with Crippen LogP contribution >= 0.6 is 0 Å². The monoisotopic (exact) mass is 206 g/mol. The predicted molar refractivity (Wildman–Crippen MR) is 62.6 cm³/mol. The van der Waals surface area contributed by atoms with Gasteiger partial charge in [-0.1, -0.05) is 26.0 Å². The molecule has 1 amide bonds. The Hall–Kier alpha value is -1.35. The number of rotatable bonds is 4. The van der Waals surface area contributed by atoms with Gasteiger partial charge < -0.3 is 11.1 Å². The maximum Gasteiger partial charge on any atom is 0.224 e. The van der Waals surface area contributed by atoms with Gasteiger partial charge in [-0.3, -0.25) is 4.79 Å². The van der Waals surface area contributed by atoms with Crippen molar-refractivity contribution in [2.45, 2.75) is 32.7 Å². The number of hydrogen-bond acceptors (Lipinski definition) is 2. The van der Waals surface area contributed by atoms with E-state index in [4.69, 9.17) is 5.73 Å². The molecule has 0 spiro atoms. The summed E-state index contributed by atoms with van der Waals surface area (Å²) < 4.78 is 0. The Labute approximate surface area is 90.7 Å². The second kappa shape index (κ2) is 5.51. The molecule has 0 saturated carbocycles. The molecular formula is C12H18N2O. The Bertz CT molecular complexity index is 319. The van der Waals surface area contributed by atoms with Crippen molar-refractivity contribution >= 4 is 11.6 Å². The van der Waals surface area contributed by atoms with Gasteiger partial charge in [-0.25, -0.2) is 0 Å². The average molecular weight is 206 g/mol. The highest BCUT2D eigenvalue weighted by Gasteiger charge is 2.03. The fourth-order valence-corrected chi connectivity index (χ4v) is 1.30. The lowest BCUT2D eigenvalue weighted by Crippen LogP contribution is -2.11. The summed E-state index contributed by atoms with van der Waals surface area (Å²) in [7, 11) is 0. The first-order valence-corrected chi connectivity index (χ1v) is 5.32. The van der Waals surface area contributed by atoms with E-state index < -0.39 is 0 Å². The van der Waals surface area contributed by atoms with Crippen molar-refractivity contribution in [3.05, 3.63) is 29.8 Å². The Morgan fingerprint density at radius 1 is 1.33 bits per heavy atom. The van der Waals surface area contributed by atoms with Crippen LogP contribution in [0.2, 0.25) is 0 Å². The van der Waals surface area contributed by atoms with Crippen molar-refractivity contribution in [1.29, 1.82) is 0 Å². The third kappa shape index (κ3) is 3.36. The Morgan fingerprint density at radius 2 is 1.93 bits per heavy atom. The summed E-state index contributed by atoms with van der Waals surface area (Å²) in [6.07, 6.45) is 1.41. The van der Waals surface area contributed by atoms with Gasteiger partial charge in [0, 0.05) is 18.2 Å². The quantitative estimate of drug-likeness (QED) is 0.795. The van der Waals surface area contributed by atoms with Crippen LogP contribution < -0.4 is 11.1 Å². The van der Waals surface area contributed by atoms with Crippen LogP contribution in [0.5, 0.6) is 0 Å². The fraction of sp³-hybridized carbons (Fsp3) is 0.417. The van der Waals surface area contributed by atoms with Crippen LogP contribution in [0.4, 0.5) is 5.69 Å². The summed E-state index contributed by atoms with van der Waals surface area (Å²) in [4.78, 5) is 11.1. The van der Waals surface area contributed by atoms with Gasteiger partial charge in [-0.15, -0.1) is 0 Å². The van der Waals surface area contributed by atoms with Crippen LogP contribution in [-0.2, 0) is 4.79 Å². The zero-order valence-electron chi connectivity index (χ0n) is 9.29. The van der Waals surface area contributed by atoms with Crippen molar-refractivity contribution < 1.29 is 4.79 Å². The van der Waals surface area contributed by atoms with E-state index in [2.05, 4.69) is 12.2 Å². The van der Waals surface area contributed by atoms with Crippen LogP contribution in [0.15, 0.2) is 24.3 Å². The van der Waals surface area contributed by atoms with E-state index in [0.717, 1.165) is 17.7 Å². The number of amides is 1. The number of carbonyl (C=O) groups is 1. The zero-order chi connectivity index (χ0) is 11.3. The van der Waals surface area contributed by atoms with Gasteiger partial charge in [0.2, 0.25) is 5.91 Å². The molecule has 0 aliphatic carbocycles. The fourth-order valence-electron chi connectivity index (χ4n) is 1.30. The van der Waals surface area contributed by atoms with E-state index in [1.165, 1.54) is 0 Å². The third-order valence-electron chi connectivity index (χ3n) is 2.38. The Morgan fingerprint density at radius 3 is 2.40 bits per heavy atom. The number of carbonyl (C=O) groups excluding carboxylic acids is 1. The molecule has 1 aromatic rings. The summed E-state index contributed by atoms with van der Waals surface area (Å²) in [6, 6.07) is 7.77. The molecule has 1 rings (SSSR count). The predicted octanol–water partition coefficient (Wildman–Crippen LogP) is 2.44. The molecule has 0 radical (unpaired) electrons. The maximum atomic E-state index is 11.1. The average Bonchev–Trinajstić information content (AvgIpc) is 2.29. The highest BCUT2D eigenvalue weighted by Crippen LogP contribution is 2.16.